The van der Waals surface area contributed by atoms with Crippen LogP contribution in [0.5, 0.6) is 5.75 Å². The first kappa shape index (κ1) is 22.7. The molecule has 1 amide bonds. The number of sulfonamides is 1. The van der Waals surface area contributed by atoms with Crippen LogP contribution in [0.4, 0.5) is 5.69 Å². The first-order valence-electron chi connectivity index (χ1n) is 10.1. The Bertz CT molecular complexity index is 1060. The predicted molar refractivity (Wildman–Crippen MR) is 115 cm³/mol. The molecule has 2 aromatic carbocycles. The molecule has 1 aliphatic heterocycles. The Morgan fingerprint density at radius 2 is 1.90 bits per heavy atom. The molecule has 0 aliphatic carbocycles. The summed E-state index contributed by atoms with van der Waals surface area (Å²) in [5.74, 6) is 0.286. The smallest absolute Gasteiger partial charge is 0.243 e. The molecule has 3 rings (SSSR count). The second-order valence-corrected chi connectivity index (χ2v) is 8.90. The number of ether oxygens (including phenoxy) is 2. The fraction of sp³-hybridized carbons (Fsp3) is 0.364. The van der Waals surface area contributed by atoms with Gasteiger partial charge in [-0.2, -0.15) is 9.57 Å². The lowest BCUT2D eigenvalue weighted by Gasteiger charge is -2.26. The Labute approximate surface area is 182 Å². The Morgan fingerprint density at radius 1 is 1.19 bits per heavy atom. The van der Waals surface area contributed by atoms with Crippen LogP contribution in [0.25, 0.3) is 0 Å². The van der Waals surface area contributed by atoms with Crippen molar-refractivity contribution in [2.45, 2.75) is 24.7 Å². The largest absolute Gasteiger partial charge is 0.492 e. The normalized spacial score (nSPS) is 14.6. The Kier molecular flexibility index (Phi) is 7.63. The molecular formula is C22H25N3O5S. The zero-order valence-electron chi connectivity index (χ0n) is 17.3. The van der Waals surface area contributed by atoms with Crippen molar-refractivity contribution in [1.82, 2.24) is 4.31 Å². The third-order valence-corrected chi connectivity index (χ3v) is 6.77. The summed E-state index contributed by atoms with van der Waals surface area (Å²) in [6.07, 6.45) is 0.656. The molecule has 1 saturated heterocycles. The summed E-state index contributed by atoms with van der Waals surface area (Å²) in [6, 6.07) is 13.5. The molecule has 0 aromatic heterocycles. The number of carbonyl (C=O) groups excluding carboxylic acids is 1. The topological polar surface area (TPSA) is 109 Å². The SMILES string of the molecule is CCOc1ccc(C#N)cc1NC(=O)CCc1ccc(S(=O)(=O)N2CCOCC2)cc1. The number of amides is 1. The van der Waals surface area contributed by atoms with E-state index in [2.05, 4.69) is 5.32 Å². The summed E-state index contributed by atoms with van der Waals surface area (Å²) in [5, 5.41) is 11.9. The van der Waals surface area contributed by atoms with E-state index in [1.807, 2.05) is 13.0 Å². The molecule has 1 N–H and O–H groups in total. The summed E-state index contributed by atoms with van der Waals surface area (Å²) in [6.45, 7) is 3.77. The fourth-order valence-corrected chi connectivity index (χ4v) is 4.62. The number of aryl methyl sites for hydroxylation is 1. The Hall–Kier alpha value is -2.93. The average molecular weight is 444 g/mol. The molecule has 1 fully saturated rings. The van der Waals surface area contributed by atoms with Crippen molar-refractivity contribution in [1.29, 1.82) is 5.26 Å². The van der Waals surface area contributed by atoms with E-state index < -0.39 is 10.0 Å². The molecule has 31 heavy (non-hydrogen) atoms. The molecule has 0 atom stereocenters. The van der Waals surface area contributed by atoms with Crippen molar-refractivity contribution < 1.29 is 22.7 Å². The second kappa shape index (κ2) is 10.4. The third-order valence-electron chi connectivity index (χ3n) is 4.85. The maximum Gasteiger partial charge on any atom is 0.243 e. The second-order valence-electron chi connectivity index (χ2n) is 6.96. The first-order chi connectivity index (χ1) is 14.9. The number of rotatable bonds is 8. The van der Waals surface area contributed by atoms with E-state index in [0.717, 1.165) is 5.56 Å². The summed E-state index contributed by atoms with van der Waals surface area (Å²) in [7, 11) is -3.53. The lowest BCUT2D eigenvalue weighted by atomic mass is 10.1. The van der Waals surface area contributed by atoms with Gasteiger partial charge < -0.3 is 14.8 Å². The molecular weight excluding hydrogens is 418 g/mol. The molecule has 0 unspecified atom stereocenters. The summed E-state index contributed by atoms with van der Waals surface area (Å²) in [4.78, 5) is 12.6. The number of hydrogen-bond acceptors (Lipinski definition) is 6. The molecule has 0 radical (unpaired) electrons. The van der Waals surface area contributed by atoms with Crippen LogP contribution in [0.2, 0.25) is 0 Å². The highest BCUT2D eigenvalue weighted by atomic mass is 32.2. The Balaban J connectivity index is 1.60. The van der Waals surface area contributed by atoms with Gasteiger partial charge in [-0.05, 0) is 49.2 Å². The summed E-state index contributed by atoms with van der Waals surface area (Å²) in [5.41, 5.74) is 1.74. The van der Waals surface area contributed by atoms with Gasteiger partial charge in [0.15, 0.2) is 0 Å². The number of nitriles is 1. The van der Waals surface area contributed by atoms with Crippen molar-refractivity contribution in [3.05, 3.63) is 53.6 Å². The highest BCUT2D eigenvalue weighted by Gasteiger charge is 2.26. The monoisotopic (exact) mass is 443 g/mol. The number of nitrogens with one attached hydrogen (secondary N) is 1. The minimum absolute atomic E-state index is 0.206. The van der Waals surface area contributed by atoms with E-state index in [1.165, 1.54) is 4.31 Å². The van der Waals surface area contributed by atoms with E-state index in [0.29, 0.717) is 56.3 Å². The number of hydrogen-bond donors (Lipinski definition) is 1. The number of benzene rings is 2. The van der Waals surface area contributed by atoms with Crippen molar-refractivity contribution in [3.8, 4) is 11.8 Å². The van der Waals surface area contributed by atoms with Crippen LogP contribution in [0.1, 0.15) is 24.5 Å². The van der Waals surface area contributed by atoms with Crippen molar-refractivity contribution in [2.75, 3.05) is 38.2 Å². The zero-order chi connectivity index (χ0) is 22.3. The number of carbonyl (C=O) groups is 1. The molecule has 9 heteroatoms. The van der Waals surface area contributed by atoms with Gasteiger partial charge in [-0.25, -0.2) is 8.42 Å². The quantitative estimate of drug-likeness (QED) is 0.672. The fourth-order valence-electron chi connectivity index (χ4n) is 3.21. The highest BCUT2D eigenvalue weighted by molar-refractivity contribution is 7.89. The zero-order valence-corrected chi connectivity index (χ0v) is 18.2. The van der Waals surface area contributed by atoms with Crippen LogP contribution in [-0.4, -0.2) is 51.5 Å². The molecule has 1 heterocycles. The molecule has 0 spiro atoms. The summed E-state index contributed by atoms with van der Waals surface area (Å²) < 4.78 is 37.5. The summed E-state index contributed by atoms with van der Waals surface area (Å²) >= 11 is 0. The van der Waals surface area contributed by atoms with Gasteiger partial charge in [0.25, 0.3) is 0 Å². The van der Waals surface area contributed by atoms with Gasteiger partial charge in [-0.3, -0.25) is 4.79 Å². The van der Waals surface area contributed by atoms with Crippen molar-refractivity contribution in [2.24, 2.45) is 0 Å². The van der Waals surface area contributed by atoms with E-state index in [4.69, 9.17) is 14.7 Å². The predicted octanol–water partition coefficient (Wildman–Crippen LogP) is 2.55. The minimum atomic E-state index is -3.53. The van der Waals surface area contributed by atoms with Crippen molar-refractivity contribution in [3.63, 3.8) is 0 Å². The van der Waals surface area contributed by atoms with E-state index in [9.17, 15) is 13.2 Å². The highest BCUT2D eigenvalue weighted by Crippen LogP contribution is 2.26. The lowest BCUT2D eigenvalue weighted by molar-refractivity contribution is -0.116. The third kappa shape index (κ3) is 5.82. The van der Waals surface area contributed by atoms with E-state index in [1.54, 1.807) is 42.5 Å². The molecule has 164 valence electrons. The van der Waals surface area contributed by atoms with Crippen LogP contribution >= 0.6 is 0 Å². The first-order valence-corrected chi connectivity index (χ1v) is 11.5. The van der Waals surface area contributed by atoms with Gasteiger partial charge in [-0.15, -0.1) is 0 Å². The van der Waals surface area contributed by atoms with Gasteiger partial charge in [0.05, 0.1) is 42.0 Å². The lowest BCUT2D eigenvalue weighted by Crippen LogP contribution is -2.40. The van der Waals surface area contributed by atoms with Crippen LogP contribution < -0.4 is 10.1 Å². The van der Waals surface area contributed by atoms with Crippen LogP contribution in [0, 0.1) is 11.3 Å². The molecule has 1 aliphatic rings. The molecule has 2 aromatic rings. The minimum Gasteiger partial charge on any atom is -0.492 e. The van der Waals surface area contributed by atoms with Crippen molar-refractivity contribution >= 4 is 21.6 Å². The average Bonchev–Trinajstić information content (AvgIpc) is 2.80. The van der Waals surface area contributed by atoms with Gasteiger partial charge in [0.2, 0.25) is 15.9 Å². The number of anilines is 1. The number of morpholine rings is 1. The molecule has 8 nitrogen and oxygen atoms in total. The molecule has 0 saturated carbocycles. The number of nitrogens with zero attached hydrogens (tertiary/aromatic N) is 2. The van der Waals surface area contributed by atoms with Gasteiger partial charge >= 0.3 is 0 Å². The van der Waals surface area contributed by atoms with Gasteiger partial charge in [0, 0.05) is 19.5 Å². The van der Waals surface area contributed by atoms with E-state index >= 15 is 0 Å². The maximum atomic E-state index is 12.7. The van der Waals surface area contributed by atoms with Crippen LogP contribution in [0.3, 0.4) is 0 Å². The maximum absolute atomic E-state index is 12.7. The van der Waals surface area contributed by atoms with Gasteiger partial charge in [0.1, 0.15) is 5.75 Å². The standard InChI is InChI=1S/C22H25N3O5S/c1-2-30-21-9-5-18(16-23)15-20(21)24-22(26)10-6-17-3-7-19(8-4-17)31(27,28)25-11-13-29-14-12-25/h3-5,7-9,15H,2,6,10-14H2,1H3,(H,24,26). The van der Waals surface area contributed by atoms with Crippen LogP contribution in [0.15, 0.2) is 47.4 Å². The Morgan fingerprint density at radius 3 is 2.55 bits per heavy atom. The van der Waals surface area contributed by atoms with Crippen LogP contribution in [-0.2, 0) is 26.0 Å². The molecule has 0 bridgehead atoms. The van der Waals surface area contributed by atoms with E-state index in [-0.39, 0.29) is 17.2 Å². The van der Waals surface area contributed by atoms with Gasteiger partial charge in [-0.1, -0.05) is 12.1 Å².